The fourth-order valence-electron chi connectivity index (χ4n) is 2.22. The highest BCUT2D eigenvalue weighted by molar-refractivity contribution is 5.63. The monoisotopic (exact) mass is 258 g/mol. The lowest BCUT2D eigenvalue weighted by molar-refractivity contribution is -0.137. The van der Waals surface area contributed by atoms with Crippen LogP contribution in [0.3, 0.4) is 0 Å². The first-order chi connectivity index (χ1) is 8.52. The molecular formula is C13H13F3O2. The van der Waals surface area contributed by atoms with Crippen LogP contribution in [-0.2, 0) is 15.7 Å². The van der Waals surface area contributed by atoms with Crippen LogP contribution in [0, 0.1) is 5.92 Å². The van der Waals surface area contributed by atoms with Gasteiger partial charge in [0, 0.05) is 12.5 Å². The molecule has 1 heterocycles. The standard InChI is InChI=1S/C13H13F3O2/c14-13(15,16)11-3-1-2-9(6-11)12(7-17)10-4-5-18-8-10/h1-3,6-7,10,12H,4-5,8H2. The number of halogens is 3. The minimum Gasteiger partial charge on any atom is -0.381 e. The first-order valence-corrected chi connectivity index (χ1v) is 5.72. The maximum absolute atomic E-state index is 12.6. The van der Waals surface area contributed by atoms with Gasteiger partial charge in [-0.3, -0.25) is 0 Å². The number of hydrogen-bond donors (Lipinski definition) is 0. The van der Waals surface area contributed by atoms with Crippen molar-refractivity contribution in [2.75, 3.05) is 13.2 Å². The van der Waals surface area contributed by atoms with Crippen LogP contribution in [0.2, 0.25) is 0 Å². The number of alkyl halides is 3. The van der Waals surface area contributed by atoms with Gasteiger partial charge < -0.3 is 9.53 Å². The topological polar surface area (TPSA) is 26.3 Å². The Kier molecular flexibility index (Phi) is 3.71. The second kappa shape index (κ2) is 5.10. The van der Waals surface area contributed by atoms with Gasteiger partial charge in [0.05, 0.1) is 12.2 Å². The van der Waals surface area contributed by atoms with E-state index in [4.69, 9.17) is 4.74 Å². The van der Waals surface area contributed by atoms with Crippen LogP contribution in [0.15, 0.2) is 24.3 Å². The van der Waals surface area contributed by atoms with Gasteiger partial charge in [-0.15, -0.1) is 0 Å². The molecule has 2 rings (SSSR count). The van der Waals surface area contributed by atoms with E-state index in [-0.39, 0.29) is 5.92 Å². The number of hydrogen-bond acceptors (Lipinski definition) is 2. The summed E-state index contributed by atoms with van der Waals surface area (Å²) in [6.45, 7) is 0.994. The van der Waals surface area contributed by atoms with Crippen LogP contribution in [0.5, 0.6) is 0 Å². The van der Waals surface area contributed by atoms with Crippen molar-refractivity contribution in [2.24, 2.45) is 5.92 Å². The lowest BCUT2D eigenvalue weighted by Gasteiger charge is -2.18. The molecule has 2 atom stereocenters. The summed E-state index contributed by atoms with van der Waals surface area (Å²) in [5, 5.41) is 0. The van der Waals surface area contributed by atoms with Gasteiger partial charge in [-0.25, -0.2) is 0 Å². The lowest BCUT2D eigenvalue weighted by atomic mass is 9.86. The molecule has 2 nitrogen and oxygen atoms in total. The van der Waals surface area contributed by atoms with Crippen molar-refractivity contribution in [3.63, 3.8) is 0 Å². The number of aldehydes is 1. The lowest BCUT2D eigenvalue weighted by Crippen LogP contribution is -2.15. The predicted molar refractivity (Wildman–Crippen MR) is 59.2 cm³/mol. The number of benzene rings is 1. The quantitative estimate of drug-likeness (QED) is 0.779. The summed E-state index contributed by atoms with van der Waals surface area (Å²) in [4.78, 5) is 11.1. The van der Waals surface area contributed by atoms with Crippen molar-refractivity contribution in [1.82, 2.24) is 0 Å². The molecule has 5 heteroatoms. The highest BCUT2D eigenvalue weighted by Gasteiger charge is 2.32. The maximum Gasteiger partial charge on any atom is 0.416 e. The SMILES string of the molecule is O=CC(c1cccc(C(F)(F)F)c1)C1CCOC1. The molecule has 18 heavy (non-hydrogen) atoms. The molecule has 0 spiro atoms. The minimum absolute atomic E-state index is 0.0222. The fraction of sp³-hybridized carbons (Fsp3) is 0.462. The summed E-state index contributed by atoms with van der Waals surface area (Å²) in [6.07, 6.45) is -2.95. The second-order valence-corrected chi connectivity index (χ2v) is 4.41. The van der Waals surface area contributed by atoms with E-state index in [9.17, 15) is 18.0 Å². The Balaban J connectivity index is 2.28. The Morgan fingerprint density at radius 3 is 2.72 bits per heavy atom. The molecule has 1 aliphatic heterocycles. The van der Waals surface area contributed by atoms with Gasteiger partial charge in [-0.2, -0.15) is 13.2 Å². The van der Waals surface area contributed by atoms with E-state index in [1.807, 2.05) is 0 Å². The normalized spacial score (nSPS) is 21.8. The van der Waals surface area contributed by atoms with E-state index < -0.39 is 17.7 Å². The van der Waals surface area contributed by atoms with Crippen LogP contribution in [0.1, 0.15) is 23.5 Å². The highest BCUT2D eigenvalue weighted by Crippen LogP contribution is 2.34. The molecule has 0 radical (unpaired) electrons. The van der Waals surface area contributed by atoms with Crippen molar-refractivity contribution in [3.05, 3.63) is 35.4 Å². The summed E-state index contributed by atoms with van der Waals surface area (Å²) in [7, 11) is 0. The molecule has 1 fully saturated rings. The fourth-order valence-corrected chi connectivity index (χ4v) is 2.22. The summed E-state index contributed by atoms with van der Waals surface area (Å²) >= 11 is 0. The van der Waals surface area contributed by atoms with Gasteiger partial charge in [0.15, 0.2) is 0 Å². The van der Waals surface area contributed by atoms with Gasteiger partial charge in [0.2, 0.25) is 0 Å². The van der Waals surface area contributed by atoms with Crippen LogP contribution in [-0.4, -0.2) is 19.5 Å². The number of rotatable bonds is 3. The Labute approximate surface area is 103 Å². The minimum atomic E-state index is -4.38. The van der Waals surface area contributed by atoms with Crippen LogP contribution in [0.25, 0.3) is 0 Å². The van der Waals surface area contributed by atoms with Crippen molar-refractivity contribution >= 4 is 6.29 Å². The number of carbonyl (C=O) groups excluding carboxylic acids is 1. The molecule has 0 N–H and O–H groups in total. The molecule has 2 unspecified atom stereocenters. The smallest absolute Gasteiger partial charge is 0.381 e. The molecule has 0 saturated carbocycles. The van der Waals surface area contributed by atoms with Gasteiger partial charge >= 0.3 is 6.18 Å². The van der Waals surface area contributed by atoms with Crippen LogP contribution < -0.4 is 0 Å². The molecule has 1 aromatic carbocycles. The molecule has 1 aromatic rings. The molecule has 0 aliphatic carbocycles. The molecule has 0 amide bonds. The third kappa shape index (κ3) is 2.72. The number of ether oxygens (including phenoxy) is 1. The molecule has 0 bridgehead atoms. The van der Waals surface area contributed by atoms with Gasteiger partial charge in [0.25, 0.3) is 0 Å². The van der Waals surface area contributed by atoms with Crippen molar-refractivity contribution in [3.8, 4) is 0 Å². The van der Waals surface area contributed by atoms with E-state index in [0.717, 1.165) is 18.4 Å². The van der Waals surface area contributed by atoms with Crippen molar-refractivity contribution in [2.45, 2.75) is 18.5 Å². The first-order valence-electron chi connectivity index (χ1n) is 5.72. The summed E-state index contributed by atoms with van der Waals surface area (Å²) in [5.74, 6) is -0.541. The zero-order chi connectivity index (χ0) is 13.2. The maximum atomic E-state index is 12.6. The molecular weight excluding hydrogens is 245 g/mol. The van der Waals surface area contributed by atoms with Gasteiger partial charge in [-0.05, 0) is 24.0 Å². The number of carbonyl (C=O) groups is 1. The predicted octanol–water partition coefficient (Wildman–Crippen LogP) is 3.02. The van der Waals surface area contributed by atoms with E-state index in [1.165, 1.54) is 6.07 Å². The van der Waals surface area contributed by atoms with E-state index >= 15 is 0 Å². The average Bonchev–Trinajstić information content (AvgIpc) is 2.83. The van der Waals surface area contributed by atoms with E-state index in [1.54, 1.807) is 6.07 Å². The molecule has 0 aromatic heterocycles. The first kappa shape index (κ1) is 13.1. The zero-order valence-electron chi connectivity index (χ0n) is 9.61. The van der Waals surface area contributed by atoms with Gasteiger partial charge in [-0.1, -0.05) is 18.2 Å². The van der Waals surface area contributed by atoms with Crippen molar-refractivity contribution in [1.29, 1.82) is 0 Å². The van der Waals surface area contributed by atoms with Gasteiger partial charge in [0.1, 0.15) is 6.29 Å². The summed E-state index contributed by atoms with van der Waals surface area (Å²) < 4.78 is 43.0. The molecule has 98 valence electrons. The summed E-state index contributed by atoms with van der Waals surface area (Å²) in [6, 6.07) is 4.96. The Hall–Kier alpha value is -1.36. The Morgan fingerprint density at radius 1 is 1.39 bits per heavy atom. The third-order valence-electron chi connectivity index (χ3n) is 3.22. The van der Waals surface area contributed by atoms with Crippen LogP contribution >= 0.6 is 0 Å². The van der Waals surface area contributed by atoms with E-state index in [0.29, 0.717) is 25.2 Å². The van der Waals surface area contributed by atoms with E-state index in [2.05, 4.69) is 0 Å². The van der Waals surface area contributed by atoms with Crippen molar-refractivity contribution < 1.29 is 22.7 Å². The Bertz CT molecular complexity index is 422. The second-order valence-electron chi connectivity index (χ2n) is 4.41. The summed E-state index contributed by atoms with van der Waals surface area (Å²) in [5.41, 5.74) is -0.305. The molecule has 1 saturated heterocycles. The largest absolute Gasteiger partial charge is 0.416 e. The zero-order valence-corrected chi connectivity index (χ0v) is 9.61. The average molecular weight is 258 g/mol. The highest BCUT2D eigenvalue weighted by atomic mass is 19.4. The third-order valence-corrected chi connectivity index (χ3v) is 3.22. The Morgan fingerprint density at radius 2 is 2.17 bits per heavy atom. The molecule has 1 aliphatic rings. The van der Waals surface area contributed by atoms with Crippen LogP contribution in [0.4, 0.5) is 13.2 Å².